The second kappa shape index (κ2) is 11.1. The third kappa shape index (κ3) is 7.66. The lowest BCUT2D eigenvalue weighted by molar-refractivity contribution is -0.139. The minimum absolute atomic E-state index is 0.311. The summed E-state index contributed by atoms with van der Waals surface area (Å²) in [5.41, 5.74) is 4.38. The van der Waals surface area contributed by atoms with Crippen LogP contribution in [-0.2, 0) is 9.59 Å². The van der Waals surface area contributed by atoms with Gasteiger partial charge in [-0.3, -0.25) is 9.59 Å². The second-order valence-corrected chi connectivity index (χ2v) is 4.59. The second-order valence-electron chi connectivity index (χ2n) is 4.59. The Morgan fingerprint density at radius 3 is 1.35 bits per heavy atom. The summed E-state index contributed by atoms with van der Waals surface area (Å²) in [5, 5.41) is 7.55. The van der Waals surface area contributed by atoms with Crippen molar-refractivity contribution in [2.75, 3.05) is 0 Å². The van der Waals surface area contributed by atoms with Crippen LogP contribution >= 0.6 is 0 Å². The third-order valence-corrected chi connectivity index (χ3v) is 3.21. The molecule has 2 amide bonds. The minimum Gasteiger partial charge on any atom is -0.262 e. The van der Waals surface area contributed by atoms with Crippen LogP contribution in [0.2, 0.25) is 0 Å². The van der Waals surface area contributed by atoms with E-state index < -0.39 is 11.8 Å². The molecule has 0 aromatic rings. The molecule has 6 nitrogen and oxygen atoms in total. The Hall–Kier alpha value is -1.72. The highest BCUT2D eigenvalue weighted by Crippen LogP contribution is 2.03. The van der Waals surface area contributed by atoms with Gasteiger partial charge in [-0.1, -0.05) is 27.7 Å². The van der Waals surface area contributed by atoms with Crippen LogP contribution in [0.5, 0.6) is 0 Å². The summed E-state index contributed by atoms with van der Waals surface area (Å²) in [6, 6.07) is 0. The van der Waals surface area contributed by atoms with Gasteiger partial charge in [0.25, 0.3) is 0 Å². The molecule has 0 rings (SSSR count). The first-order chi connectivity index (χ1) is 9.58. The number of carbonyl (C=O) groups is 2. The number of rotatable bonds is 8. The zero-order valence-electron chi connectivity index (χ0n) is 12.8. The van der Waals surface area contributed by atoms with E-state index in [1.807, 2.05) is 27.7 Å². The van der Waals surface area contributed by atoms with Gasteiger partial charge in [0.2, 0.25) is 0 Å². The Morgan fingerprint density at radius 2 is 1.10 bits per heavy atom. The highest BCUT2D eigenvalue weighted by atomic mass is 16.2. The molecule has 2 N–H and O–H groups in total. The van der Waals surface area contributed by atoms with Crippen molar-refractivity contribution >= 4 is 24.2 Å². The SMILES string of the molecule is CCC(/C=N\NC(=O)C(=O)N/N=C\C(CC)CC)CC. The average Bonchev–Trinajstić information content (AvgIpc) is 2.47. The van der Waals surface area contributed by atoms with Gasteiger partial charge >= 0.3 is 11.8 Å². The van der Waals surface area contributed by atoms with E-state index in [4.69, 9.17) is 0 Å². The summed E-state index contributed by atoms with van der Waals surface area (Å²) in [4.78, 5) is 22.8. The van der Waals surface area contributed by atoms with Crippen LogP contribution in [0.15, 0.2) is 10.2 Å². The molecule has 0 aliphatic heterocycles. The smallest absolute Gasteiger partial charge is 0.262 e. The van der Waals surface area contributed by atoms with Crippen molar-refractivity contribution < 1.29 is 9.59 Å². The zero-order valence-corrected chi connectivity index (χ0v) is 12.8. The molecule has 6 heteroatoms. The molecular formula is C14H26N4O2. The lowest BCUT2D eigenvalue weighted by Gasteiger charge is -2.05. The first kappa shape index (κ1) is 18.3. The van der Waals surface area contributed by atoms with E-state index in [1.165, 1.54) is 0 Å². The van der Waals surface area contributed by atoms with Crippen LogP contribution in [-0.4, -0.2) is 24.2 Å². The molecule has 0 unspecified atom stereocenters. The molecule has 0 bridgehead atoms. The molecule has 0 heterocycles. The number of hydrogen-bond acceptors (Lipinski definition) is 4. The minimum atomic E-state index is -0.811. The van der Waals surface area contributed by atoms with Crippen molar-refractivity contribution in [3.05, 3.63) is 0 Å². The van der Waals surface area contributed by atoms with E-state index in [0.29, 0.717) is 11.8 Å². The lowest BCUT2D eigenvalue weighted by Crippen LogP contribution is -2.35. The summed E-state index contributed by atoms with van der Waals surface area (Å²) in [6.07, 6.45) is 7.09. The van der Waals surface area contributed by atoms with Gasteiger partial charge in [0.05, 0.1) is 0 Å². The number of hydrazone groups is 2. The van der Waals surface area contributed by atoms with Gasteiger partial charge in [-0.25, -0.2) is 10.9 Å². The predicted molar refractivity (Wildman–Crippen MR) is 81.4 cm³/mol. The van der Waals surface area contributed by atoms with Crippen LogP contribution in [0.1, 0.15) is 53.4 Å². The van der Waals surface area contributed by atoms with E-state index in [1.54, 1.807) is 12.4 Å². The first-order valence-electron chi connectivity index (χ1n) is 7.25. The fourth-order valence-electron chi connectivity index (χ4n) is 1.50. The van der Waals surface area contributed by atoms with E-state index in [0.717, 1.165) is 25.7 Å². The normalized spacial score (nSPS) is 11.7. The quantitative estimate of drug-likeness (QED) is 0.406. The summed E-state index contributed by atoms with van der Waals surface area (Å²) < 4.78 is 0. The van der Waals surface area contributed by atoms with E-state index >= 15 is 0 Å². The highest BCUT2D eigenvalue weighted by Gasteiger charge is 2.11. The first-order valence-corrected chi connectivity index (χ1v) is 7.25. The van der Waals surface area contributed by atoms with Crippen LogP contribution < -0.4 is 10.9 Å². The standard InChI is InChI=1S/C14H26N4O2/c1-5-11(6-2)9-15-17-13(19)14(20)18-16-10-12(7-3)8-4/h9-12H,5-8H2,1-4H3,(H,17,19)(H,18,20)/b15-9-,16-10-. The van der Waals surface area contributed by atoms with Crippen LogP contribution in [0.25, 0.3) is 0 Å². The van der Waals surface area contributed by atoms with Crippen molar-refractivity contribution in [2.24, 2.45) is 22.0 Å². The molecule has 20 heavy (non-hydrogen) atoms. The Labute approximate surface area is 121 Å². The van der Waals surface area contributed by atoms with Gasteiger partial charge in [0.1, 0.15) is 0 Å². The van der Waals surface area contributed by atoms with Gasteiger partial charge in [-0.2, -0.15) is 10.2 Å². The van der Waals surface area contributed by atoms with Gasteiger partial charge < -0.3 is 0 Å². The Morgan fingerprint density at radius 1 is 0.800 bits per heavy atom. The van der Waals surface area contributed by atoms with E-state index in [-0.39, 0.29) is 0 Å². The molecule has 0 saturated heterocycles. The van der Waals surface area contributed by atoms with Crippen molar-refractivity contribution in [1.82, 2.24) is 10.9 Å². The maximum absolute atomic E-state index is 11.4. The molecule has 0 fully saturated rings. The fourth-order valence-corrected chi connectivity index (χ4v) is 1.50. The summed E-state index contributed by atoms with van der Waals surface area (Å²) in [6.45, 7) is 8.17. The fraction of sp³-hybridized carbons (Fsp3) is 0.714. The Bertz CT molecular complexity index is 311. The summed E-state index contributed by atoms with van der Waals surface area (Å²) in [7, 11) is 0. The van der Waals surface area contributed by atoms with Gasteiger partial charge in [0, 0.05) is 12.4 Å². The molecule has 0 spiro atoms. The molecular weight excluding hydrogens is 256 g/mol. The lowest BCUT2D eigenvalue weighted by atomic mass is 10.1. The molecule has 114 valence electrons. The van der Waals surface area contributed by atoms with Crippen molar-refractivity contribution in [2.45, 2.75) is 53.4 Å². The number of nitrogens with zero attached hydrogens (tertiary/aromatic N) is 2. The average molecular weight is 282 g/mol. The summed E-state index contributed by atoms with van der Waals surface area (Å²) >= 11 is 0. The topological polar surface area (TPSA) is 82.9 Å². The van der Waals surface area contributed by atoms with Crippen molar-refractivity contribution in [1.29, 1.82) is 0 Å². The number of nitrogens with one attached hydrogen (secondary N) is 2. The van der Waals surface area contributed by atoms with Crippen LogP contribution in [0, 0.1) is 11.8 Å². The van der Waals surface area contributed by atoms with Crippen LogP contribution in [0.3, 0.4) is 0 Å². The number of amides is 2. The molecule has 0 aliphatic rings. The molecule has 0 aromatic heterocycles. The van der Waals surface area contributed by atoms with Gasteiger partial charge in [-0.05, 0) is 37.5 Å². The van der Waals surface area contributed by atoms with Gasteiger partial charge in [-0.15, -0.1) is 0 Å². The zero-order chi connectivity index (χ0) is 15.4. The van der Waals surface area contributed by atoms with Gasteiger partial charge in [0.15, 0.2) is 0 Å². The number of carbonyl (C=O) groups excluding carboxylic acids is 2. The molecule has 0 atom stereocenters. The van der Waals surface area contributed by atoms with E-state index in [2.05, 4.69) is 21.1 Å². The van der Waals surface area contributed by atoms with Crippen LogP contribution in [0.4, 0.5) is 0 Å². The Kier molecular flexibility index (Phi) is 10.2. The molecule has 0 aromatic carbocycles. The predicted octanol–water partition coefficient (Wildman–Crippen LogP) is 2.06. The monoisotopic (exact) mass is 282 g/mol. The molecule has 0 aliphatic carbocycles. The highest BCUT2D eigenvalue weighted by molar-refractivity contribution is 6.35. The van der Waals surface area contributed by atoms with E-state index in [9.17, 15) is 9.59 Å². The molecule has 0 radical (unpaired) electrons. The summed E-state index contributed by atoms with van der Waals surface area (Å²) in [5.74, 6) is -1.000. The maximum Gasteiger partial charge on any atom is 0.331 e. The largest absolute Gasteiger partial charge is 0.331 e. The van der Waals surface area contributed by atoms with Crippen molar-refractivity contribution in [3.8, 4) is 0 Å². The Balaban J connectivity index is 4.13. The number of hydrogen-bond donors (Lipinski definition) is 2. The maximum atomic E-state index is 11.4. The third-order valence-electron chi connectivity index (χ3n) is 3.21. The molecule has 0 saturated carbocycles. The van der Waals surface area contributed by atoms with Crippen molar-refractivity contribution in [3.63, 3.8) is 0 Å².